The van der Waals surface area contributed by atoms with Gasteiger partial charge in [0.05, 0.1) is 12.6 Å². The van der Waals surface area contributed by atoms with Gasteiger partial charge in [-0.15, -0.1) is 10.2 Å². The summed E-state index contributed by atoms with van der Waals surface area (Å²) >= 11 is 0. The zero-order valence-electron chi connectivity index (χ0n) is 20.9. The summed E-state index contributed by atoms with van der Waals surface area (Å²) in [4.78, 5) is 18.5. The van der Waals surface area contributed by atoms with Crippen molar-refractivity contribution in [3.05, 3.63) is 66.3 Å². The van der Waals surface area contributed by atoms with Gasteiger partial charge in [-0.2, -0.15) is 0 Å². The second-order valence-corrected chi connectivity index (χ2v) is 9.65. The van der Waals surface area contributed by atoms with Gasteiger partial charge in [-0.3, -0.25) is 9.38 Å². The van der Waals surface area contributed by atoms with Crippen LogP contribution in [0.3, 0.4) is 0 Å². The fourth-order valence-corrected chi connectivity index (χ4v) is 4.15. The SMILES string of the molecule is COc1ccc2c(OCc3nnc4ccc(C5=CCN(C(=O)OC(C)(C)C)CC5)cn34)ccnc2c1. The number of pyridine rings is 2. The molecule has 0 fully saturated rings. The summed E-state index contributed by atoms with van der Waals surface area (Å²) in [7, 11) is 1.63. The number of hydrogen-bond acceptors (Lipinski definition) is 7. The summed E-state index contributed by atoms with van der Waals surface area (Å²) < 4.78 is 18.9. The number of aromatic nitrogens is 4. The minimum absolute atomic E-state index is 0.251. The molecule has 9 nitrogen and oxygen atoms in total. The highest BCUT2D eigenvalue weighted by Gasteiger charge is 2.24. The molecule has 0 saturated carbocycles. The van der Waals surface area contributed by atoms with Crippen molar-refractivity contribution < 1.29 is 19.0 Å². The van der Waals surface area contributed by atoms with Crippen LogP contribution in [0.15, 0.2) is 54.9 Å². The van der Waals surface area contributed by atoms with Crippen LogP contribution in [0, 0.1) is 0 Å². The average molecular weight is 488 g/mol. The highest BCUT2D eigenvalue weighted by molar-refractivity contribution is 5.86. The first-order valence-corrected chi connectivity index (χ1v) is 11.9. The highest BCUT2D eigenvalue weighted by Crippen LogP contribution is 2.28. The Bertz CT molecular complexity index is 1450. The Morgan fingerprint density at radius 2 is 1.97 bits per heavy atom. The lowest BCUT2D eigenvalue weighted by Crippen LogP contribution is -2.39. The maximum atomic E-state index is 12.4. The van der Waals surface area contributed by atoms with E-state index in [-0.39, 0.29) is 12.7 Å². The van der Waals surface area contributed by atoms with Crippen molar-refractivity contribution in [2.45, 2.75) is 39.4 Å². The minimum Gasteiger partial charge on any atom is -0.497 e. The summed E-state index contributed by atoms with van der Waals surface area (Å²) in [6.07, 6.45) is 6.28. The third kappa shape index (κ3) is 4.95. The van der Waals surface area contributed by atoms with Crippen LogP contribution in [-0.4, -0.2) is 56.4 Å². The van der Waals surface area contributed by atoms with Gasteiger partial charge in [0.25, 0.3) is 0 Å². The molecule has 0 atom stereocenters. The molecule has 0 bridgehead atoms. The molecule has 4 heterocycles. The Morgan fingerprint density at radius 1 is 1.11 bits per heavy atom. The topological polar surface area (TPSA) is 91.1 Å². The molecule has 3 aromatic heterocycles. The molecule has 9 heteroatoms. The molecule has 0 aliphatic carbocycles. The molecular formula is C27H29N5O4. The summed E-state index contributed by atoms with van der Waals surface area (Å²) in [5.74, 6) is 2.15. The Kier molecular flexibility index (Phi) is 6.22. The molecule has 1 aliphatic rings. The van der Waals surface area contributed by atoms with Gasteiger partial charge in [-0.1, -0.05) is 6.08 Å². The second-order valence-electron chi connectivity index (χ2n) is 9.65. The van der Waals surface area contributed by atoms with Crippen molar-refractivity contribution in [1.82, 2.24) is 24.5 Å². The zero-order chi connectivity index (χ0) is 25.3. The van der Waals surface area contributed by atoms with Crippen molar-refractivity contribution >= 4 is 28.2 Å². The lowest BCUT2D eigenvalue weighted by Gasteiger charge is -2.29. The molecule has 186 valence electrons. The first-order valence-electron chi connectivity index (χ1n) is 11.9. The van der Waals surface area contributed by atoms with E-state index in [1.54, 1.807) is 18.2 Å². The molecule has 36 heavy (non-hydrogen) atoms. The number of hydrogen-bond donors (Lipinski definition) is 0. The number of rotatable bonds is 5. The molecule has 4 aromatic rings. The Morgan fingerprint density at radius 3 is 2.72 bits per heavy atom. The molecule has 1 aromatic carbocycles. The van der Waals surface area contributed by atoms with Crippen molar-refractivity contribution in [3.63, 3.8) is 0 Å². The Hall–Kier alpha value is -4.14. The third-order valence-electron chi connectivity index (χ3n) is 5.97. The molecule has 0 radical (unpaired) electrons. The zero-order valence-corrected chi connectivity index (χ0v) is 20.9. The quantitative estimate of drug-likeness (QED) is 0.396. The normalized spacial score (nSPS) is 14.1. The maximum Gasteiger partial charge on any atom is 0.410 e. The van der Waals surface area contributed by atoms with E-state index in [2.05, 4.69) is 21.3 Å². The molecular weight excluding hydrogens is 458 g/mol. The van der Waals surface area contributed by atoms with E-state index < -0.39 is 5.60 Å². The number of fused-ring (bicyclic) bond motifs is 2. The lowest BCUT2D eigenvalue weighted by molar-refractivity contribution is 0.0270. The number of methoxy groups -OCH3 is 1. The lowest BCUT2D eigenvalue weighted by atomic mass is 10.0. The van der Waals surface area contributed by atoms with Crippen LogP contribution < -0.4 is 9.47 Å². The van der Waals surface area contributed by atoms with Crippen LogP contribution in [0.1, 0.15) is 38.6 Å². The van der Waals surface area contributed by atoms with Gasteiger partial charge in [-0.05, 0) is 68.7 Å². The fourth-order valence-electron chi connectivity index (χ4n) is 4.15. The monoisotopic (exact) mass is 487 g/mol. The van der Waals surface area contributed by atoms with Crippen molar-refractivity contribution in [2.75, 3.05) is 20.2 Å². The van der Waals surface area contributed by atoms with Crippen molar-refractivity contribution in [2.24, 2.45) is 0 Å². The van der Waals surface area contributed by atoms with E-state index in [1.807, 2.05) is 67.8 Å². The number of carbonyl (C=O) groups excluding carboxylic acids is 1. The maximum absolute atomic E-state index is 12.4. The smallest absolute Gasteiger partial charge is 0.410 e. The fraction of sp³-hybridized carbons (Fsp3) is 0.333. The van der Waals surface area contributed by atoms with Crippen LogP contribution >= 0.6 is 0 Å². The van der Waals surface area contributed by atoms with Crippen molar-refractivity contribution in [3.8, 4) is 11.5 Å². The molecule has 1 amide bonds. The standard InChI is InChI=1S/C27H29N5O4/c1-27(2,3)36-26(33)31-13-10-18(11-14-31)19-5-8-24-29-30-25(32(24)16-19)17-35-23-9-12-28-22-15-20(34-4)6-7-21(22)23/h5-10,12,15-16H,11,13-14,17H2,1-4H3. The molecule has 0 unspecified atom stereocenters. The van der Waals surface area contributed by atoms with E-state index in [4.69, 9.17) is 14.2 Å². The van der Waals surface area contributed by atoms with Gasteiger partial charge in [0.1, 0.15) is 23.7 Å². The first-order chi connectivity index (χ1) is 17.3. The number of ether oxygens (including phenoxy) is 3. The number of carbonyl (C=O) groups is 1. The Balaban J connectivity index is 1.33. The predicted octanol–water partition coefficient (Wildman–Crippen LogP) is 4.89. The van der Waals surface area contributed by atoms with E-state index in [1.165, 1.54) is 5.57 Å². The summed E-state index contributed by atoms with van der Waals surface area (Å²) in [5, 5.41) is 9.52. The van der Waals surface area contributed by atoms with E-state index in [0.29, 0.717) is 24.7 Å². The van der Waals surface area contributed by atoms with Gasteiger partial charge in [0.15, 0.2) is 11.5 Å². The number of amides is 1. The van der Waals surface area contributed by atoms with Crippen molar-refractivity contribution in [1.29, 1.82) is 0 Å². The molecule has 0 spiro atoms. The molecule has 5 rings (SSSR count). The summed E-state index contributed by atoms with van der Waals surface area (Å²) in [6, 6.07) is 11.5. The number of benzene rings is 1. The van der Waals surface area contributed by atoms with Crippen LogP contribution in [0.25, 0.3) is 22.1 Å². The predicted molar refractivity (Wildman–Crippen MR) is 136 cm³/mol. The second kappa shape index (κ2) is 9.49. The highest BCUT2D eigenvalue weighted by atomic mass is 16.6. The molecule has 1 aliphatic heterocycles. The van der Waals surface area contributed by atoms with Gasteiger partial charge >= 0.3 is 6.09 Å². The summed E-state index contributed by atoms with van der Waals surface area (Å²) in [6.45, 7) is 7.00. The van der Waals surface area contributed by atoms with Gasteiger partial charge < -0.3 is 19.1 Å². The van der Waals surface area contributed by atoms with Crippen LogP contribution in [0.4, 0.5) is 4.79 Å². The van der Waals surface area contributed by atoms with E-state index in [9.17, 15) is 4.79 Å². The van der Waals surface area contributed by atoms with Gasteiger partial charge in [0.2, 0.25) is 0 Å². The Labute approximate surface area is 209 Å². The van der Waals surface area contributed by atoms with E-state index >= 15 is 0 Å². The van der Waals surface area contributed by atoms with Crippen LogP contribution in [-0.2, 0) is 11.3 Å². The average Bonchev–Trinajstić information content (AvgIpc) is 3.28. The minimum atomic E-state index is -0.506. The number of nitrogens with zero attached hydrogens (tertiary/aromatic N) is 5. The summed E-state index contributed by atoms with van der Waals surface area (Å²) in [5.41, 5.74) is 3.27. The van der Waals surface area contributed by atoms with Gasteiger partial charge in [0, 0.05) is 36.9 Å². The van der Waals surface area contributed by atoms with E-state index in [0.717, 1.165) is 34.3 Å². The molecule has 0 saturated heterocycles. The largest absolute Gasteiger partial charge is 0.497 e. The van der Waals surface area contributed by atoms with Crippen LogP contribution in [0.5, 0.6) is 11.5 Å². The first kappa shape index (κ1) is 23.6. The van der Waals surface area contributed by atoms with Gasteiger partial charge in [-0.25, -0.2) is 4.79 Å². The molecule has 0 N–H and O–H groups in total. The third-order valence-corrected chi connectivity index (χ3v) is 5.97. The van der Waals surface area contributed by atoms with Crippen LogP contribution in [0.2, 0.25) is 0 Å².